The molecule has 0 aliphatic heterocycles. The van der Waals surface area contributed by atoms with Gasteiger partial charge in [-0.25, -0.2) is 9.59 Å². The third kappa shape index (κ3) is 6.57. The Kier molecular flexibility index (Phi) is 5.98. The number of carbonyl (C=O) groups excluding carboxylic acids is 2. The third-order valence-corrected chi connectivity index (χ3v) is 0.825. The van der Waals surface area contributed by atoms with Crippen molar-refractivity contribution in [2.45, 2.75) is 13.3 Å². The van der Waals surface area contributed by atoms with Gasteiger partial charge in [-0.05, 0) is 6.42 Å². The van der Waals surface area contributed by atoms with Crippen LogP contribution in [0.15, 0.2) is 12.2 Å². The molecule has 0 aromatic rings. The molecule has 11 heavy (non-hydrogen) atoms. The van der Waals surface area contributed by atoms with Gasteiger partial charge in [0.1, 0.15) is 6.61 Å². The van der Waals surface area contributed by atoms with Gasteiger partial charge < -0.3 is 9.47 Å². The quantitative estimate of drug-likeness (QED) is 0.349. The number of ether oxygens (including phenoxy) is 2. The van der Waals surface area contributed by atoms with E-state index >= 15 is 0 Å². The van der Waals surface area contributed by atoms with E-state index in [0.29, 0.717) is 0 Å². The van der Waals surface area contributed by atoms with Gasteiger partial charge in [0.25, 0.3) is 0 Å². The van der Waals surface area contributed by atoms with Crippen LogP contribution in [0.1, 0.15) is 13.3 Å². The lowest BCUT2D eigenvalue weighted by molar-refractivity contribution is 0.104. The summed E-state index contributed by atoms with van der Waals surface area (Å²) in [7, 11) is 0. The van der Waals surface area contributed by atoms with Crippen LogP contribution in [0.5, 0.6) is 0 Å². The molecule has 0 aromatic carbocycles. The molecule has 0 saturated heterocycles. The highest BCUT2D eigenvalue weighted by molar-refractivity contribution is 5.69. The van der Waals surface area contributed by atoms with E-state index in [0.717, 1.165) is 12.9 Å². The summed E-state index contributed by atoms with van der Waals surface area (Å²) >= 11 is 0. The van der Waals surface area contributed by atoms with Crippen molar-refractivity contribution in [3.05, 3.63) is 12.2 Å². The minimum absolute atomic E-state index is 0.119. The molecule has 0 aromatic heterocycles. The zero-order valence-corrected chi connectivity index (χ0v) is 6.20. The molecule has 0 amide bonds. The molecule has 4 nitrogen and oxygen atoms in total. The van der Waals surface area contributed by atoms with Crippen LogP contribution >= 0.6 is 0 Å². The van der Waals surface area contributed by atoms with E-state index in [2.05, 4.69) is 9.47 Å². The monoisotopic (exact) mass is 157 g/mol. The summed E-state index contributed by atoms with van der Waals surface area (Å²) in [4.78, 5) is 19.7. The molecule has 61 valence electrons. The number of allylic oxidation sites excluding steroid dienone is 1. The molecule has 0 unspecified atom stereocenters. The lowest BCUT2D eigenvalue weighted by Gasteiger charge is -1.94. The van der Waals surface area contributed by atoms with Crippen LogP contribution in [0.2, 0.25) is 0 Å². The Morgan fingerprint density at radius 2 is 2.27 bits per heavy atom. The summed E-state index contributed by atoms with van der Waals surface area (Å²) < 4.78 is 8.10. The molecule has 0 fully saturated rings. The Morgan fingerprint density at radius 1 is 1.55 bits per heavy atom. The molecule has 0 N–H and O–H groups in total. The first kappa shape index (κ1) is 9.68. The number of carbonyl (C=O) groups is 1. The van der Waals surface area contributed by atoms with Crippen LogP contribution in [0.25, 0.3) is 0 Å². The lowest BCUT2D eigenvalue weighted by Crippen LogP contribution is -2.05. The maximum Gasteiger partial charge on any atom is 0.516 e. The second-order valence-corrected chi connectivity index (χ2v) is 1.63. The van der Waals surface area contributed by atoms with E-state index in [9.17, 15) is 9.59 Å². The highest BCUT2D eigenvalue weighted by Gasteiger charge is 1.99. The highest BCUT2D eigenvalue weighted by atomic mass is 16.7. The second kappa shape index (κ2) is 6.80. The molecule has 0 heterocycles. The molecular weight excluding hydrogens is 148 g/mol. The summed E-state index contributed by atoms with van der Waals surface area (Å²) in [5.41, 5.74) is 0. The minimum atomic E-state index is -1.03. The third-order valence-electron chi connectivity index (χ3n) is 0.825. The average Bonchev–Trinajstić information content (AvgIpc) is 1.99. The van der Waals surface area contributed by atoms with Gasteiger partial charge in [0, 0.05) is 0 Å². The van der Waals surface area contributed by atoms with E-state index in [4.69, 9.17) is 0 Å². The van der Waals surface area contributed by atoms with Gasteiger partial charge in [-0.15, -0.1) is 0 Å². The molecule has 1 radical (unpaired) electrons. The normalized spacial score (nSPS) is 9.55. The second-order valence-electron chi connectivity index (χ2n) is 1.63. The molecule has 0 spiro atoms. The van der Waals surface area contributed by atoms with Crippen molar-refractivity contribution in [2.75, 3.05) is 6.61 Å². The molecule has 0 aliphatic rings. The van der Waals surface area contributed by atoms with Crippen molar-refractivity contribution >= 4 is 12.6 Å². The molecule has 0 rings (SSSR count). The largest absolute Gasteiger partial charge is 0.516 e. The summed E-state index contributed by atoms with van der Waals surface area (Å²) in [5, 5.41) is 0. The van der Waals surface area contributed by atoms with Gasteiger partial charge in [-0.1, -0.05) is 19.1 Å². The van der Waals surface area contributed by atoms with E-state index in [1.165, 1.54) is 0 Å². The van der Waals surface area contributed by atoms with Crippen LogP contribution in [-0.4, -0.2) is 19.2 Å². The van der Waals surface area contributed by atoms with Crippen molar-refractivity contribution in [1.82, 2.24) is 0 Å². The predicted molar refractivity (Wildman–Crippen MR) is 37.6 cm³/mol. The summed E-state index contributed by atoms with van der Waals surface area (Å²) in [6.07, 6.45) is 3.34. The van der Waals surface area contributed by atoms with Gasteiger partial charge in [-0.3, -0.25) is 0 Å². The molecule has 0 atom stereocenters. The first-order chi connectivity index (χ1) is 5.31. The molecule has 0 bridgehead atoms. The fourth-order valence-electron chi connectivity index (χ4n) is 0.414. The maximum atomic E-state index is 10.3. The SMILES string of the molecule is CCC=CCOC(=O)O[C]=O. The van der Waals surface area contributed by atoms with Crippen molar-refractivity contribution in [3.63, 3.8) is 0 Å². The zero-order chi connectivity index (χ0) is 8.53. The topological polar surface area (TPSA) is 52.6 Å². The minimum Gasteiger partial charge on any atom is -0.430 e. The molecular formula is C7H9O4. The number of hydrogen-bond acceptors (Lipinski definition) is 4. The predicted octanol–water partition coefficient (Wildman–Crippen LogP) is 1.17. The Hall–Kier alpha value is -1.32. The molecule has 0 saturated carbocycles. The molecule has 0 aliphatic carbocycles. The summed E-state index contributed by atoms with van der Waals surface area (Å²) in [5.74, 6) is 0. The fourth-order valence-corrected chi connectivity index (χ4v) is 0.414. The van der Waals surface area contributed by atoms with Gasteiger partial charge in [0.05, 0.1) is 0 Å². The van der Waals surface area contributed by atoms with Crippen molar-refractivity contribution in [3.8, 4) is 0 Å². The molecule has 4 heteroatoms. The average molecular weight is 157 g/mol. The smallest absolute Gasteiger partial charge is 0.430 e. The summed E-state index contributed by atoms with van der Waals surface area (Å²) in [6.45, 7) is 3.03. The van der Waals surface area contributed by atoms with Crippen molar-refractivity contribution in [2.24, 2.45) is 0 Å². The van der Waals surface area contributed by atoms with Crippen LogP contribution in [0.3, 0.4) is 0 Å². The first-order valence-corrected chi connectivity index (χ1v) is 3.17. The van der Waals surface area contributed by atoms with Gasteiger partial charge >= 0.3 is 12.6 Å². The van der Waals surface area contributed by atoms with Gasteiger partial charge in [0.15, 0.2) is 0 Å². The highest BCUT2D eigenvalue weighted by Crippen LogP contribution is 1.85. The lowest BCUT2D eigenvalue weighted by atomic mass is 10.4. The number of hydrogen-bond donors (Lipinski definition) is 0. The summed E-state index contributed by atoms with van der Waals surface area (Å²) in [6, 6.07) is 0. The Bertz CT molecular complexity index is 151. The fraction of sp³-hybridized carbons (Fsp3) is 0.429. The van der Waals surface area contributed by atoms with E-state index in [1.807, 2.05) is 13.0 Å². The van der Waals surface area contributed by atoms with E-state index < -0.39 is 6.16 Å². The standard InChI is InChI=1S/C7H9O4/c1-2-3-4-5-10-7(9)11-6-8/h3-4H,2,5H2,1H3. The van der Waals surface area contributed by atoms with Gasteiger partial charge in [0.2, 0.25) is 0 Å². The van der Waals surface area contributed by atoms with E-state index in [1.54, 1.807) is 6.08 Å². The van der Waals surface area contributed by atoms with Crippen LogP contribution in [0, 0.1) is 0 Å². The van der Waals surface area contributed by atoms with Crippen LogP contribution < -0.4 is 0 Å². The zero-order valence-electron chi connectivity index (χ0n) is 6.20. The Morgan fingerprint density at radius 3 is 2.82 bits per heavy atom. The number of rotatable bonds is 4. The Labute approximate surface area is 64.8 Å². The van der Waals surface area contributed by atoms with E-state index in [-0.39, 0.29) is 6.61 Å². The Balaban J connectivity index is 3.30. The van der Waals surface area contributed by atoms with Crippen LogP contribution in [-0.2, 0) is 14.3 Å². The first-order valence-electron chi connectivity index (χ1n) is 3.17. The van der Waals surface area contributed by atoms with Gasteiger partial charge in [-0.2, -0.15) is 0 Å². The van der Waals surface area contributed by atoms with Crippen LogP contribution in [0.4, 0.5) is 4.79 Å². The van der Waals surface area contributed by atoms with Crippen molar-refractivity contribution in [1.29, 1.82) is 0 Å². The maximum absolute atomic E-state index is 10.3. The van der Waals surface area contributed by atoms with Crippen molar-refractivity contribution < 1.29 is 19.1 Å².